The van der Waals surface area contributed by atoms with Crippen molar-refractivity contribution in [2.75, 3.05) is 13.2 Å². The van der Waals surface area contributed by atoms with Crippen LogP contribution in [0.15, 0.2) is 60.7 Å². The Labute approximate surface area is 203 Å². The Bertz CT molecular complexity index is 1130. The van der Waals surface area contributed by atoms with E-state index in [1.54, 1.807) is 0 Å². The number of β-amino-alcohol motifs (C(OH)–C–C–N with tert-alkyl or cyclic N) is 1. The van der Waals surface area contributed by atoms with Crippen molar-refractivity contribution in [3.05, 3.63) is 71.8 Å². The van der Waals surface area contributed by atoms with Crippen molar-refractivity contribution in [2.45, 2.75) is 43.4 Å². The van der Waals surface area contributed by atoms with E-state index in [4.69, 9.17) is 4.74 Å². The zero-order valence-corrected chi connectivity index (χ0v) is 19.2. The average Bonchev–Trinajstić information content (AvgIpc) is 3.41. The molecule has 0 aromatic heterocycles. The van der Waals surface area contributed by atoms with E-state index in [0.29, 0.717) is 12.8 Å². The number of benzene rings is 2. The van der Waals surface area contributed by atoms with Crippen LogP contribution in [0.2, 0.25) is 0 Å². The van der Waals surface area contributed by atoms with Crippen LogP contribution in [-0.4, -0.2) is 64.4 Å². The molecule has 1 fully saturated rings. The van der Waals surface area contributed by atoms with Crippen LogP contribution in [-0.2, 0) is 14.3 Å². The van der Waals surface area contributed by atoms with E-state index in [-0.39, 0.29) is 31.4 Å². The summed E-state index contributed by atoms with van der Waals surface area (Å²) in [7, 11) is 0. The van der Waals surface area contributed by atoms with Gasteiger partial charge in [-0.05, 0) is 35.1 Å². The highest BCUT2D eigenvalue weighted by molar-refractivity contribution is 5.86. The van der Waals surface area contributed by atoms with Crippen LogP contribution in [0.3, 0.4) is 0 Å². The number of likely N-dealkylation sites (tertiary alicyclic amines) is 1. The van der Waals surface area contributed by atoms with E-state index in [0.717, 1.165) is 22.3 Å². The van der Waals surface area contributed by atoms with Gasteiger partial charge in [0.05, 0.1) is 12.1 Å². The van der Waals surface area contributed by atoms with E-state index in [1.807, 2.05) is 36.4 Å². The van der Waals surface area contributed by atoms with Gasteiger partial charge in [-0.15, -0.1) is 0 Å². The molecule has 0 radical (unpaired) electrons. The van der Waals surface area contributed by atoms with Crippen molar-refractivity contribution in [1.29, 1.82) is 0 Å². The molecule has 2 aliphatic carbocycles. The summed E-state index contributed by atoms with van der Waals surface area (Å²) in [5.74, 6) is -1.93. The minimum Gasteiger partial charge on any atom is -0.480 e. The number of aliphatic hydroxyl groups is 1. The van der Waals surface area contributed by atoms with E-state index in [1.165, 1.54) is 4.90 Å². The fraction of sp³-hybridized carbons (Fsp3) is 0.370. The van der Waals surface area contributed by atoms with Gasteiger partial charge in [-0.3, -0.25) is 4.79 Å². The maximum atomic E-state index is 13.0. The number of rotatable bonds is 5. The fourth-order valence-corrected chi connectivity index (χ4v) is 5.51. The molecule has 35 heavy (non-hydrogen) atoms. The number of aliphatic hydroxyl groups excluding tert-OH is 1. The summed E-state index contributed by atoms with van der Waals surface area (Å²) in [5, 5.41) is 22.1. The summed E-state index contributed by atoms with van der Waals surface area (Å²) in [6.45, 7) is 0.213. The Morgan fingerprint density at radius 2 is 1.66 bits per heavy atom. The predicted octanol–water partition coefficient (Wildman–Crippen LogP) is 2.91. The number of carbonyl (C=O) groups excluding carboxylic acids is 2. The molecule has 3 N–H and O–H groups in total. The third kappa shape index (κ3) is 4.53. The largest absolute Gasteiger partial charge is 0.480 e. The van der Waals surface area contributed by atoms with Gasteiger partial charge in [0, 0.05) is 24.8 Å². The quantitative estimate of drug-likeness (QED) is 0.572. The molecular weight excluding hydrogens is 448 g/mol. The van der Waals surface area contributed by atoms with Gasteiger partial charge >= 0.3 is 12.1 Å². The number of carbonyl (C=O) groups is 3. The third-order valence-electron chi connectivity index (χ3n) is 7.17. The van der Waals surface area contributed by atoms with Crippen LogP contribution in [0, 0.1) is 5.92 Å². The number of carboxylic acids is 1. The molecule has 3 aliphatic rings. The molecule has 2 amide bonds. The minimum absolute atomic E-state index is 0.0144. The lowest BCUT2D eigenvalue weighted by molar-refractivity contribution is -0.150. The van der Waals surface area contributed by atoms with Crippen molar-refractivity contribution >= 4 is 18.0 Å². The van der Waals surface area contributed by atoms with Crippen LogP contribution in [0.4, 0.5) is 4.79 Å². The van der Waals surface area contributed by atoms with Gasteiger partial charge in [0.25, 0.3) is 0 Å². The molecule has 0 spiro atoms. The first-order chi connectivity index (χ1) is 16.9. The molecule has 4 atom stereocenters. The molecule has 8 nitrogen and oxygen atoms in total. The summed E-state index contributed by atoms with van der Waals surface area (Å²) in [4.78, 5) is 38.4. The lowest BCUT2D eigenvalue weighted by atomic mass is 9.89. The highest BCUT2D eigenvalue weighted by Crippen LogP contribution is 2.44. The first-order valence-electron chi connectivity index (χ1n) is 11.9. The zero-order chi connectivity index (χ0) is 24.5. The van der Waals surface area contributed by atoms with E-state index in [2.05, 4.69) is 29.6 Å². The topological polar surface area (TPSA) is 116 Å². The highest BCUT2D eigenvalue weighted by Gasteiger charge is 2.41. The van der Waals surface area contributed by atoms with Crippen LogP contribution in [0.1, 0.15) is 36.3 Å². The Hall–Kier alpha value is -3.65. The van der Waals surface area contributed by atoms with Gasteiger partial charge in [0.1, 0.15) is 12.6 Å². The number of fused-ring (bicyclic) bond motifs is 3. The molecule has 2 aromatic carbocycles. The number of amides is 2. The SMILES string of the molecule is O=C(NC1C=CCC(C(=O)N2C[C@@H](O)C[C@H]2C(=O)O)C1)OCC1c2ccccc2-c2ccccc21. The molecule has 182 valence electrons. The number of hydrogen-bond donors (Lipinski definition) is 3. The number of nitrogens with zero attached hydrogens (tertiary/aromatic N) is 1. The molecule has 1 saturated heterocycles. The van der Waals surface area contributed by atoms with Crippen molar-refractivity contribution in [2.24, 2.45) is 5.92 Å². The summed E-state index contributed by atoms with van der Waals surface area (Å²) in [5.41, 5.74) is 4.57. The molecule has 2 aromatic rings. The molecule has 1 aliphatic heterocycles. The first kappa shape index (κ1) is 23.1. The van der Waals surface area contributed by atoms with Gasteiger partial charge in [0.15, 0.2) is 0 Å². The number of hydrogen-bond acceptors (Lipinski definition) is 5. The number of ether oxygens (including phenoxy) is 1. The Balaban J connectivity index is 1.19. The van der Waals surface area contributed by atoms with Crippen LogP contribution in [0.25, 0.3) is 11.1 Å². The first-order valence-corrected chi connectivity index (χ1v) is 11.9. The van der Waals surface area contributed by atoms with Crippen molar-refractivity contribution in [1.82, 2.24) is 10.2 Å². The Morgan fingerprint density at radius 3 is 2.31 bits per heavy atom. The van der Waals surface area contributed by atoms with E-state index >= 15 is 0 Å². The minimum atomic E-state index is -1.12. The monoisotopic (exact) mass is 476 g/mol. The lowest BCUT2D eigenvalue weighted by Gasteiger charge is -2.30. The molecule has 1 heterocycles. The zero-order valence-electron chi connectivity index (χ0n) is 19.2. The van der Waals surface area contributed by atoms with Gasteiger partial charge in [-0.2, -0.15) is 0 Å². The van der Waals surface area contributed by atoms with Gasteiger partial charge < -0.3 is 25.2 Å². The van der Waals surface area contributed by atoms with Crippen molar-refractivity contribution < 1.29 is 29.3 Å². The Morgan fingerprint density at radius 1 is 1.00 bits per heavy atom. The smallest absolute Gasteiger partial charge is 0.407 e. The summed E-state index contributed by atoms with van der Waals surface area (Å²) < 4.78 is 5.61. The van der Waals surface area contributed by atoms with Crippen molar-refractivity contribution in [3.8, 4) is 11.1 Å². The number of nitrogens with one attached hydrogen (secondary N) is 1. The maximum absolute atomic E-state index is 13.0. The van der Waals surface area contributed by atoms with E-state index in [9.17, 15) is 24.6 Å². The van der Waals surface area contributed by atoms with Crippen LogP contribution in [0.5, 0.6) is 0 Å². The normalized spacial score (nSPS) is 25.1. The lowest BCUT2D eigenvalue weighted by Crippen LogP contribution is -2.46. The number of allylic oxidation sites excluding steroid dienone is 1. The molecule has 8 heteroatoms. The second-order valence-corrected chi connectivity index (χ2v) is 9.41. The molecular formula is C27H28N2O6. The number of alkyl carbamates (subject to hydrolysis) is 1. The fourth-order valence-electron chi connectivity index (χ4n) is 5.51. The summed E-state index contributed by atoms with van der Waals surface area (Å²) >= 11 is 0. The van der Waals surface area contributed by atoms with Crippen molar-refractivity contribution in [3.63, 3.8) is 0 Å². The van der Waals surface area contributed by atoms with Gasteiger partial charge in [-0.25, -0.2) is 9.59 Å². The second-order valence-electron chi connectivity index (χ2n) is 9.41. The molecule has 5 rings (SSSR count). The van der Waals surface area contributed by atoms with Crippen LogP contribution < -0.4 is 5.32 Å². The Kier molecular flexibility index (Phi) is 6.30. The number of aliphatic carboxylic acids is 1. The molecule has 0 saturated carbocycles. The predicted molar refractivity (Wildman–Crippen MR) is 128 cm³/mol. The van der Waals surface area contributed by atoms with E-state index < -0.39 is 36.2 Å². The van der Waals surface area contributed by atoms with Gasteiger partial charge in [0.2, 0.25) is 5.91 Å². The number of carboxylic acid groups (broad SMARTS) is 1. The maximum Gasteiger partial charge on any atom is 0.407 e. The average molecular weight is 477 g/mol. The summed E-state index contributed by atoms with van der Waals surface area (Å²) in [6, 6.07) is 14.8. The molecule has 2 unspecified atom stereocenters. The molecule has 0 bridgehead atoms. The highest BCUT2D eigenvalue weighted by atomic mass is 16.5. The van der Waals surface area contributed by atoms with Gasteiger partial charge in [-0.1, -0.05) is 60.7 Å². The van der Waals surface area contributed by atoms with Crippen LogP contribution >= 0.6 is 0 Å². The third-order valence-corrected chi connectivity index (χ3v) is 7.17. The summed E-state index contributed by atoms with van der Waals surface area (Å²) in [6.07, 6.45) is 3.09. The standard InChI is InChI=1S/C27H28N2O6/c30-18-13-24(26(32)33)29(14-18)25(31)16-6-5-7-17(12-16)28-27(34)35-15-23-21-10-3-1-8-19(21)20-9-2-4-11-22(20)23/h1-5,7-11,16-18,23-24,30H,6,12-15H2,(H,28,34)(H,32,33)/t16?,17?,18-,24-/m0/s1. The second kappa shape index (κ2) is 9.54.